The van der Waals surface area contributed by atoms with Gasteiger partial charge in [-0.05, 0) is 19.1 Å². The number of rotatable bonds is 5. The predicted octanol–water partition coefficient (Wildman–Crippen LogP) is 1.60. The molecule has 4 rings (SSSR count). The van der Waals surface area contributed by atoms with Crippen molar-refractivity contribution in [3.63, 3.8) is 0 Å². The van der Waals surface area contributed by atoms with Crippen molar-refractivity contribution < 1.29 is 17.6 Å². The highest BCUT2D eigenvalue weighted by molar-refractivity contribution is 7.88. The number of carbonyl (C=O) groups is 1. The number of sulfonamides is 1. The summed E-state index contributed by atoms with van der Waals surface area (Å²) >= 11 is 0. The number of halogens is 1. The molecule has 174 valence electrons. The molecule has 11 heteroatoms. The van der Waals surface area contributed by atoms with E-state index >= 15 is 4.39 Å². The lowest BCUT2D eigenvalue weighted by Crippen LogP contribution is -2.50. The number of nitrogens with zero attached hydrogens (tertiary/aromatic N) is 5. The van der Waals surface area contributed by atoms with Gasteiger partial charge in [-0.3, -0.25) is 14.0 Å². The summed E-state index contributed by atoms with van der Waals surface area (Å²) in [4.78, 5) is 31.0. The van der Waals surface area contributed by atoms with Crippen molar-refractivity contribution in [2.45, 2.75) is 13.5 Å². The second-order valence-corrected chi connectivity index (χ2v) is 9.82. The molecule has 33 heavy (non-hydrogen) atoms. The first kappa shape index (κ1) is 22.9. The Kier molecular flexibility index (Phi) is 6.17. The Bertz CT molecular complexity index is 1400. The quantitative estimate of drug-likeness (QED) is 0.525. The summed E-state index contributed by atoms with van der Waals surface area (Å²) in [6.45, 7) is 2.96. The van der Waals surface area contributed by atoms with Gasteiger partial charge in [0.15, 0.2) is 0 Å². The fourth-order valence-corrected chi connectivity index (χ4v) is 4.70. The minimum Gasteiger partial charge on any atom is -0.336 e. The third kappa shape index (κ3) is 4.46. The zero-order valence-corrected chi connectivity index (χ0v) is 19.1. The van der Waals surface area contributed by atoms with Crippen LogP contribution in [0.5, 0.6) is 0 Å². The van der Waals surface area contributed by atoms with Crippen LogP contribution in [0.1, 0.15) is 17.3 Å². The molecular weight excluding hydrogens is 449 g/mol. The molecule has 0 bridgehead atoms. The monoisotopic (exact) mass is 473 g/mol. The molecule has 9 nitrogen and oxygen atoms in total. The SMILES string of the molecule is C/C=C/Cn1cc(-c2ccc(C(=O)N3CCN(S(C)(=O)=O)CC3)c(F)c2)n2cncc2c1=O. The molecule has 1 aliphatic heterocycles. The molecule has 0 aliphatic carbocycles. The lowest BCUT2D eigenvalue weighted by molar-refractivity contribution is 0.0693. The molecule has 1 aliphatic rings. The molecule has 0 saturated carbocycles. The highest BCUT2D eigenvalue weighted by Gasteiger charge is 2.28. The van der Waals surface area contributed by atoms with E-state index in [1.807, 2.05) is 19.1 Å². The van der Waals surface area contributed by atoms with Gasteiger partial charge in [-0.1, -0.05) is 18.2 Å². The van der Waals surface area contributed by atoms with Crippen molar-refractivity contribution >= 4 is 21.4 Å². The van der Waals surface area contributed by atoms with Gasteiger partial charge in [-0.2, -0.15) is 4.31 Å². The van der Waals surface area contributed by atoms with E-state index in [0.29, 0.717) is 23.3 Å². The van der Waals surface area contributed by atoms with Crippen molar-refractivity contribution in [1.29, 1.82) is 0 Å². The van der Waals surface area contributed by atoms with Gasteiger partial charge in [-0.15, -0.1) is 0 Å². The van der Waals surface area contributed by atoms with E-state index in [0.717, 1.165) is 6.26 Å². The van der Waals surface area contributed by atoms with Gasteiger partial charge in [0.2, 0.25) is 10.0 Å². The van der Waals surface area contributed by atoms with Crippen LogP contribution in [-0.4, -0.2) is 69.9 Å². The van der Waals surface area contributed by atoms with Crippen LogP contribution in [0.4, 0.5) is 4.39 Å². The second kappa shape index (κ2) is 8.91. The van der Waals surface area contributed by atoms with Crippen molar-refractivity contribution in [2.24, 2.45) is 0 Å². The van der Waals surface area contributed by atoms with Crippen molar-refractivity contribution in [3.05, 3.63) is 70.8 Å². The summed E-state index contributed by atoms with van der Waals surface area (Å²) in [7, 11) is -3.32. The first-order chi connectivity index (χ1) is 15.7. The number of hydrogen-bond acceptors (Lipinski definition) is 5. The molecule has 2 aromatic heterocycles. The summed E-state index contributed by atoms with van der Waals surface area (Å²) in [6, 6.07) is 4.31. The Morgan fingerprint density at radius 2 is 1.94 bits per heavy atom. The lowest BCUT2D eigenvalue weighted by Gasteiger charge is -2.33. The molecule has 1 amide bonds. The Hall–Kier alpha value is -3.31. The van der Waals surface area contributed by atoms with E-state index in [1.54, 1.807) is 16.7 Å². The number of carbonyl (C=O) groups excluding carboxylic acids is 1. The van der Waals surface area contributed by atoms with Crippen LogP contribution in [0, 0.1) is 5.82 Å². The first-order valence-electron chi connectivity index (χ1n) is 10.4. The third-order valence-corrected chi connectivity index (χ3v) is 6.99. The van der Waals surface area contributed by atoms with Crippen LogP contribution in [0.2, 0.25) is 0 Å². The molecule has 0 atom stereocenters. The molecular formula is C22H24FN5O4S. The predicted molar refractivity (Wildman–Crippen MR) is 122 cm³/mol. The normalized spacial score (nSPS) is 15.5. The summed E-state index contributed by atoms with van der Waals surface area (Å²) in [6.07, 6.45) is 9.39. The number of aromatic nitrogens is 3. The number of amides is 1. The fraction of sp³-hybridized carbons (Fsp3) is 0.318. The van der Waals surface area contributed by atoms with E-state index < -0.39 is 21.7 Å². The number of fused-ring (bicyclic) bond motifs is 1. The number of imidazole rings is 1. The number of hydrogen-bond donors (Lipinski definition) is 0. The smallest absolute Gasteiger partial charge is 0.276 e. The highest BCUT2D eigenvalue weighted by Crippen LogP contribution is 2.23. The van der Waals surface area contributed by atoms with Crippen LogP contribution in [0.25, 0.3) is 16.8 Å². The van der Waals surface area contributed by atoms with Crippen LogP contribution in [0.3, 0.4) is 0 Å². The van der Waals surface area contributed by atoms with Gasteiger partial charge < -0.3 is 9.47 Å². The topological polar surface area (TPSA) is 97.0 Å². The average molecular weight is 474 g/mol. The Labute approximate surface area is 190 Å². The minimum absolute atomic E-state index is 0.0873. The zero-order valence-electron chi connectivity index (χ0n) is 18.3. The van der Waals surface area contributed by atoms with Crippen molar-refractivity contribution in [2.75, 3.05) is 32.4 Å². The van der Waals surface area contributed by atoms with Crippen molar-refractivity contribution in [3.8, 4) is 11.3 Å². The Balaban J connectivity index is 1.64. The molecule has 1 fully saturated rings. The second-order valence-electron chi connectivity index (χ2n) is 7.84. The van der Waals surface area contributed by atoms with E-state index in [2.05, 4.69) is 4.98 Å². The number of piperazine rings is 1. The summed E-state index contributed by atoms with van der Waals surface area (Å²) in [5, 5.41) is 0. The maximum Gasteiger partial charge on any atom is 0.276 e. The number of benzene rings is 1. The molecule has 0 unspecified atom stereocenters. The van der Waals surface area contributed by atoms with Crippen molar-refractivity contribution in [1.82, 2.24) is 23.2 Å². The minimum atomic E-state index is -3.32. The molecule has 0 spiro atoms. The highest BCUT2D eigenvalue weighted by atomic mass is 32.2. The largest absolute Gasteiger partial charge is 0.336 e. The van der Waals surface area contributed by atoms with Gasteiger partial charge in [0, 0.05) is 44.5 Å². The van der Waals surface area contributed by atoms with Gasteiger partial charge >= 0.3 is 0 Å². The zero-order chi connectivity index (χ0) is 23.8. The van der Waals surface area contributed by atoms with E-state index in [9.17, 15) is 18.0 Å². The van der Waals surface area contributed by atoms with E-state index in [4.69, 9.17) is 0 Å². The van der Waals surface area contributed by atoms with Gasteiger partial charge in [0.1, 0.15) is 11.3 Å². The third-order valence-electron chi connectivity index (χ3n) is 5.68. The maximum absolute atomic E-state index is 15.1. The summed E-state index contributed by atoms with van der Waals surface area (Å²) in [5.41, 5.74) is 1.11. The lowest BCUT2D eigenvalue weighted by atomic mass is 10.1. The van der Waals surface area contributed by atoms with E-state index in [1.165, 1.54) is 38.4 Å². The molecule has 0 N–H and O–H groups in total. The van der Waals surface area contributed by atoms with Gasteiger partial charge in [0.25, 0.3) is 11.5 Å². The molecule has 3 heterocycles. The fourth-order valence-electron chi connectivity index (χ4n) is 3.87. The summed E-state index contributed by atoms with van der Waals surface area (Å²) in [5.74, 6) is -1.18. The van der Waals surface area contributed by atoms with Gasteiger partial charge in [-0.25, -0.2) is 17.8 Å². The summed E-state index contributed by atoms with van der Waals surface area (Å²) < 4.78 is 42.8. The average Bonchev–Trinajstić information content (AvgIpc) is 3.28. The number of allylic oxidation sites excluding steroid dienone is 2. The standard InChI is InChI=1S/C22H24FN5O4S/c1-3-4-7-26-14-20(28-15-24-13-19(28)22(26)30)16-5-6-17(18(23)12-16)21(29)25-8-10-27(11-9-25)33(2,31)32/h3-6,12-15H,7-11H2,1-2H3/b4-3+. The molecule has 0 radical (unpaired) electrons. The van der Waals surface area contributed by atoms with Crippen LogP contribution < -0.4 is 5.56 Å². The van der Waals surface area contributed by atoms with Gasteiger partial charge in [0.05, 0.1) is 30.0 Å². The maximum atomic E-state index is 15.1. The molecule has 1 saturated heterocycles. The van der Waals surface area contributed by atoms with Crippen LogP contribution >= 0.6 is 0 Å². The first-order valence-corrected chi connectivity index (χ1v) is 12.3. The molecule has 1 aromatic carbocycles. The Morgan fingerprint density at radius 1 is 1.21 bits per heavy atom. The van der Waals surface area contributed by atoms with Crippen LogP contribution in [0.15, 0.2) is 53.9 Å². The Morgan fingerprint density at radius 3 is 2.58 bits per heavy atom. The van der Waals surface area contributed by atoms with Crippen LogP contribution in [-0.2, 0) is 16.6 Å². The molecule has 3 aromatic rings. The van der Waals surface area contributed by atoms with E-state index in [-0.39, 0.29) is 37.3 Å².